The molecular formula is C14H18ClF2NO2S. The van der Waals surface area contributed by atoms with Crippen LogP contribution in [0.1, 0.15) is 32.1 Å². The smallest absolute Gasteiger partial charge is 0.210 e. The molecule has 0 spiro atoms. The molecule has 0 bridgehead atoms. The number of hydrogen-bond donors (Lipinski definition) is 1. The van der Waals surface area contributed by atoms with E-state index in [0.29, 0.717) is 11.9 Å². The quantitative estimate of drug-likeness (QED) is 0.837. The SMILES string of the molecule is O=S(=O)(NCC1(CCl)CCCCC1)c1ccc(F)cc1F. The maximum Gasteiger partial charge on any atom is 0.243 e. The summed E-state index contributed by atoms with van der Waals surface area (Å²) in [5.74, 6) is -1.54. The van der Waals surface area contributed by atoms with E-state index in [0.717, 1.165) is 44.2 Å². The Balaban J connectivity index is 2.13. The van der Waals surface area contributed by atoms with Crippen molar-refractivity contribution in [2.24, 2.45) is 5.41 Å². The zero-order valence-electron chi connectivity index (χ0n) is 11.5. The molecule has 0 aromatic heterocycles. The van der Waals surface area contributed by atoms with Crippen LogP contribution in [0.2, 0.25) is 0 Å². The van der Waals surface area contributed by atoms with E-state index in [1.807, 2.05) is 0 Å². The number of hydrogen-bond acceptors (Lipinski definition) is 2. The van der Waals surface area contributed by atoms with Gasteiger partial charge in [0.25, 0.3) is 0 Å². The molecule has 0 radical (unpaired) electrons. The highest BCUT2D eigenvalue weighted by Gasteiger charge is 2.33. The van der Waals surface area contributed by atoms with Gasteiger partial charge in [-0.25, -0.2) is 21.9 Å². The van der Waals surface area contributed by atoms with E-state index in [1.54, 1.807) is 0 Å². The van der Waals surface area contributed by atoms with Crippen molar-refractivity contribution < 1.29 is 17.2 Å². The highest BCUT2D eigenvalue weighted by Crippen LogP contribution is 2.37. The topological polar surface area (TPSA) is 46.2 Å². The zero-order chi connectivity index (χ0) is 15.5. The summed E-state index contributed by atoms with van der Waals surface area (Å²) in [4.78, 5) is -0.538. The predicted octanol–water partition coefficient (Wildman–Crippen LogP) is 3.43. The van der Waals surface area contributed by atoms with Crippen LogP contribution in [0.25, 0.3) is 0 Å². The van der Waals surface area contributed by atoms with E-state index in [2.05, 4.69) is 4.72 Å². The lowest BCUT2D eigenvalue weighted by Crippen LogP contribution is -2.40. The van der Waals surface area contributed by atoms with E-state index in [4.69, 9.17) is 11.6 Å². The molecule has 1 aliphatic carbocycles. The Morgan fingerprint density at radius 3 is 2.43 bits per heavy atom. The number of nitrogens with one attached hydrogen (secondary N) is 1. The summed E-state index contributed by atoms with van der Waals surface area (Å²) >= 11 is 6.01. The monoisotopic (exact) mass is 337 g/mol. The summed E-state index contributed by atoms with van der Waals surface area (Å²) in [6, 6.07) is 2.42. The van der Waals surface area contributed by atoms with Gasteiger partial charge >= 0.3 is 0 Å². The minimum atomic E-state index is -4.01. The van der Waals surface area contributed by atoms with Crippen LogP contribution >= 0.6 is 11.6 Å². The third-order valence-electron chi connectivity index (χ3n) is 4.02. The van der Waals surface area contributed by atoms with Crippen molar-refractivity contribution in [3.63, 3.8) is 0 Å². The summed E-state index contributed by atoms with van der Waals surface area (Å²) in [7, 11) is -4.01. The Kier molecular flexibility index (Phi) is 5.22. The summed E-state index contributed by atoms with van der Waals surface area (Å²) in [5.41, 5.74) is -0.274. The fourth-order valence-electron chi connectivity index (χ4n) is 2.68. The second kappa shape index (κ2) is 6.58. The van der Waals surface area contributed by atoms with Crippen LogP contribution in [0.5, 0.6) is 0 Å². The molecule has 1 aromatic carbocycles. The van der Waals surface area contributed by atoms with Crippen LogP contribution < -0.4 is 4.72 Å². The number of alkyl halides is 1. The van der Waals surface area contributed by atoms with Gasteiger partial charge in [-0.05, 0) is 30.4 Å². The standard InChI is InChI=1S/C14H18ClF2NO2S/c15-9-14(6-2-1-3-7-14)10-18-21(19,20)13-5-4-11(16)8-12(13)17/h4-5,8,18H,1-3,6-7,9-10H2. The van der Waals surface area contributed by atoms with Gasteiger partial charge in [0.15, 0.2) is 0 Å². The summed E-state index contributed by atoms with van der Waals surface area (Å²) in [6.45, 7) is 0.176. The molecule has 118 valence electrons. The van der Waals surface area contributed by atoms with E-state index in [9.17, 15) is 17.2 Å². The second-order valence-electron chi connectivity index (χ2n) is 5.59. The molecule has 1 aromatic rings. The fourth-order valence-corrected chi connectivity index (χ4v) is 4.25. The first kappa shape index (κ1) is 16.6. The molecule has 3 nitrogen and oxygen atoms in total. The molecule has 0 saturated heterocycles. The Morgan fingerprint density at radius 1 is 1.19 bits per heavy atom. The molecule has 7 heteroatoms. The molecule has 1 aliphatic rings. The molecule has 0 aliphatic heterocycles. The van der Waals surface area contributed by atoms with E-state index in [-0.39, 0.29) is 12.0 Å². The number of benzene rings is 1. The normalized spacial score (nSPS) is 18.6. The number of sulfonamides is 1. The lowest BCUT2D eigenvalue weighted by atomic mass is 9.76. The van der Waals surface area contributed by atoms with Crippen molar-refractivity contribution in [2.75, 3.05) is 12.4 Å². The minimum absolute atomic E-state index is 0.176. The third-order valence-corrected chi connectivity index (χ3v) is 6.02. The van der Waals surface area contributed by atoms with E-state index in [1.165, 1.54) is 0 Å². The van der Waals surface area contributed by atoms with Crippen molar-refractivity contribution in [2.45, 2.75) is 37.0 Å². The molecule has 1 saturated carbocycles. The Labute approximate surface area is 128 Å². The van der Waals surface area contributed by atoms with Gasteiger partial charge in [-0.1, -0.05) is 19.3 Å². The molecular weight excluding hydrogens is 320 g/mol. The van der Waals surface area contributed by atoms with Gasteiger partial charge in [-0.3, -0.25) is 0 Å². The van der Waals surface area contributed by atoms with Gasteiger partial charge in [0.2, 0.25) is 10.0 Å². The number of rotatable bonds is 5. The molecule has 0 unspecified atom stereocenters. The minimum Gasteiger partial charge on any atom is -0.210 e. The van der Waals surface area contributed by atoms with Gasteiger partial charge in [0.05, 0.1) is 0 Å². The van der Waals surface area contributed by atoms with Crippen molar-refractivity contribution in [3.8, 4) is 0 Å². The molecule has 21 heavy (non-hydrogen) atoms. The average molecular weight is 338 g/mol. The third kappa shape index (κ3) is 3.93. The van der Waals surface area contributed by atoms with Gasteiger partial charge in [-0.15, -0.1) is 11.6 Å². The van der Waals surface area contributed by atoms with Gasteiger partial charge in [0.1, 0.15) is 16.5 Å². The predicted molar refractivity (Wildman–Crippen MR) is 77.8 cm³/mol. The van der Waals surface area contributed by atoms with Crippen molar-refractivity contribution in [1.82, 2.24) is 4.72 Å². The lowest BCUT2D eigenvalue weighted by Gasteiger charge is -2.35. The zero-order valence-corrected chi connectivity index (χ0v) is 13.1. The van der Waals surface area contributed by atoms with Crippen LogP contribution in [-0.2, 0) is 10.0 Å². The number of halogens is 3. The second-order valence-corrected chi connectivity index (χ2v) is 7.60. The largest absolute Gasteiger partial charge is 0.243 e. The van der Waals surface area contributed by atoms with Crippen molar-refractivity contribution >= 4 is 21.6 Å². The van der Waals surface area contributed by atoms with Crippen LogP contribution in [0.15, 0.2) is 23.1 Å². The first-order chi connectivity index (χ1) is 9.88. The summed E-state index contributed by atoms with van der Waals surface area (Å²) in [6.07, 6.45) is 4.85. The van der Waals surface area contributed by atoms with Crippen molar-refractivity contribution in [3.05, 3.63) is 29.8 Å². The average Bonchev–Trinajstić information content (AvgIpc) is 2.46. The molecule has 2 rings (SSSR count). The van der Waals surface area contributed by atoms with Crippen LogP contribution in [0, 0.1) is 17.0 Å². The lowest BCUT2D eigenvalue weighted by molar-refractivity contribution is 0.223. The summed E-state index contributed by atoms with van der Waals surface area (Å²) in [5, 5.41) is 0. The van der Waals surface area contributed by atoms with Crippen LogP contribution in [-0.4, -0.2) is 20.8 Å². The Bertz CT molecular complexity index is 601. The molecule has 1 N–H and O–H groups in total. The molecule has 0 amide bonds. The first-order valence-electron chi connectivity index (χ1n) is 6.89. The molecule has 1 fully saturated rings. The van der Waals surface area contributed by atoms with Crippen LogP contribution in [0.4, 0.5) is 8.78 Å². The van der Waals surface area contributed by atoms with Crippen LogP contribution in [0.3, 0.4) is 0 Å². The van der Waals surface area contributed by atoms with Gasteiger partial charge < -0.3 is 0 Å². The maximum atomic E-state index is 13.6. The van der Waals surface area contributed by atoms with Gasteiger partial charge in [-0.2, -0.15) is 0 Å². The fraction of sp³-hybridized carbons (Fsp3) is 0.571. The van der Waals surface area contributed by atoms with Gasteiger partial charge in [0, 0.05) is 18.5 Å². The Hall–Kier alpha value is -0.720. The molecule has 0 atom stereocenters. The molecule has 0 heterocycles. The maximum absolute atomic E-state index is 13.6. The van der Waals surface area contributed by atoms with E-state index < -0.39 is 26.6 Å². The highest BCUT2D eigenvalue weighted by atomic mass is 35.5. The Morgan fingerprint density at radius 2 is 1.86 bits per heavy atom. The van der Waals surface area contributed by atoms with Crippen molar-refractivity contribution in [1.29, 1.82) is 0 Å². The highest BCUT2D eigenvalue weighted by molar-refractivity contribution is 7.89. The first-order valence-corrected chi connectivity index (χ1v) is 8.91. The summed E-state index contributed by atoms with van der Waals surface area (Å²) < 4.78 is 53.2. The van der Waals surface area contributed by atoms with E-state index >= 15 is 0 Å².